The van der Waals surface area contributed by atoms with Gasteiger partial charge in [0, 0.05) is 30.7 Å². The first-order valence-electron chi connectivity index (χ1n) is 8.61. The SMILES string of the molecule is Cc1ccc(C(=O)CCC(=O)Nc2cc(C)nn2-c2ncc(Cl)cc2Cl)cc1. The van der Waals surface area contributed by atoms with E-state index in [0.29, 0.717) is 32.9 Å². The molecule has 0 radical (unpaired) electrons. The van der Waals surface area contributed by atoms with Gasteiger partial charge in [0.25, 0.3) is 0 Å². The van der Waals surface area contributed by atoms with Crippen LogP contribution in [0.25, 0.3) is 5.82 Å². The minimum absolute atomic E-state index is 0.0543. The molecule has 0 saturated carbocycles. The highest BCUT2D eigenvalue weighted by Gasteiger charge is 2.16. The first-order chi connectivity index (χ1) is 13.3. The molecule has 8 heteroatoms. The highest BCUT2D eigenvalue weighted by molar-refractivity contribution is 6.35. The molecule has 0 aliphatic heterocycles. The summed E-state index contributed by atoms with van der Waals surface area (Å²) in [5.41, 5.74) is 2.35. The molecule has 3 aromatic rings. The number of Topliss-reactive ketones (excluding diaryl/α,β-unsaturated/α-hetero) is 1. The second-order valence-corrected chi connectivity index (χ2v) is 7.22. The Kier molecular flexibility index (Phi) is 6.11. The molecule has 0 bridgehead atoms. The zero-order valence-electron chi connectivity index (χ0n) is 15.4. The minimum atomic E-state index is -0.299. The van der Waals surface area contributed by atoms with Gasteiger partial charge >= 0.3 is 0 Å². The number of hydrogen-bond donors (Lipinski definition) is 1. The lowest BCUT2D eigenvalue weighted by Gasteiger charge is -2.09. The number of pyridine rings is 1. The van der Waals surface area contributed by atoms with Crippen molar-refractivity contribution in [3.05, 3.63) is 69.5 Å². The van der Waals surface area contributed by atoms with Gasteiger partial charge in [-0.3, -0.25) is 9.59 Å². The third kappa shape index (κ3) is 4.77. The zero-order chi connectivity index (χ0) is 20.3. The summed E-state index contributed by atoms with van der Waals surface area (Å²) in [5.74, 6) is 0.390. The fraction of sp³-hybridized carbons (Fsp3) is 0.200. The topological polar surface area (TPSA) is 76.9 Å². The van der Waals surface area contributed by atoms with Crippen molar-refractivity contribution in [3.63, 3.8) is 0 Å². The van der Waals surface area contributed by atoms with E-state index in [1.54, 1.807) is 31.2 Å². The van der Waals surface area contributed by atoms with Gasteiger partial charge in [-0.05, 0) is 19.9 Å². The molecule has 0 unspecified atom stereocenters. The molecule has 144 valence electrons. The van der Waals surface area contributed by atoms with Crippen molar-refractivity contribution in [1.29, 1.82) is 0 Å². The number of aromatic nitrogens is 3. The maximum atomic E-state index is 12.4. The van der Waals surface area contributed by atoms with E-state index in [1.807, 2.05) is 19.1 Å². The maximum absolute atomic E-state index is 12.4. The Hall–Kier alpha value is -2.70. The van der Waals surface area contributed by atoms with Crippen LogP contribution in [0.1, 0.15) is 34.5 Å². The van der Waals surface area contributed by atoms with Crippen LogP contribution in [0, 0.1) is 13.8 Å². The van der Waals surface area contributed by atoms with Crippen molar-refractivity contribution in [1.82, 2.24) is 14.8 Å². The number of nitrogens with one attached hydrogen (secondary N) is 1. The molecule has 1 amide bonds. The average molecular weight is 417 g/mol. The van der Waals surface area contributed by atoms with E-state index in [4.69, 9.17) is 23.2 Å². The summed E-state index contributed by atoms with van der Waals surface area (Å²) in [6.45, 7) is 3.74. The smallest absolute Gasteiger partial charge is 0.225 e. The van der Waals surface area contributed by atoms with Gasteiger partial charge in [-0.1, -0.05) is 53.0 Å². The Morgan fingerprint density at radius 3 is 2.46 bits per heavy atom. The van der Waals surface area contributed by atoms with Crippen LogP contribution in [0.2, 0.25) is 10.0 Å². The summed E-state index contributed by atoms with van der Waals surface area (Å²) in [6, 6.07) is 10.5. The van der Waals surface area contributed by atoms with Crippen LogP contribution in [0.3, 0.4) is 0 Å². The molecule has 0 spiro atoms. The molecule has 0 fully saturated rings. The minimum Gasteiger partial charge on any atom is -0.311 e. The predicted octanol–water partition coefficient (Wildman–Crippen LogP) is 4.79. The number of nitrogens with zero attached hydrogens (tertiary/aromatic N) is 3. The Morgan fingerprint density at radius 1 is 1.07 bits per heavy atom. The molecule has 0 saturated heterocycles. The molecule has 28 heavy (non-hydrogen) atoms. The van der Waals surface area contributed by atoms with Gasteiger partial charge in [-0.15, -0.1) is 0 Å². The number of benzene rings is 1. The Morgan fingerprint density at radius 2 is 1.79 bits per heavy atom. The number of amides is 1. The van der Waals surface area contributed by atoms with Crippen LogP contribution in [0.4, 0.5) is 5.82 Å². The van der Waals surface area contributed by atoms with E-state index in [9.17, 15) is 9.59 Å². The van der Waals surface area contributed by atoms with E-state index in [1.165, 1.54) is 10.9 Å². The van der Waals surface area contributed by atoms with E-state index >= 15 is 0 Å². The quantitative estimate of drug-likeness (QED) is 0.585. The second-order valence-electron chi connectivity index (χ2n) is 6.38. The van der Waals surface area contributed by atoms with Crippen molar-refractivity contribution in [2.45, 2.75) is 26.7 Å². The van der Waals surface area contributed by atoms with Gasteiger partial charge in [0.1, 0.15) is 5.82 Å². The van der Waals surface area contributed by atoms with E-state index in [-0.39, 0.29) is 24.5 Å². The summed E-state index contributed by atoms with van der Waals surface area (Å²) >= 11 is 12.1. The fourth-order valence-corrected chi connectivity index (χ4v) is 3.09. The lowest BCUT2D eigenvalue weighted by atomic mass is 10.1. The third-order valence-corrected chi connectivity index (χ3v) is 4.53. The van der Waals surface area contributed by atoms with E-state index in [2.05, 4.69) is 15.4 Å². The van der Waals surface area contributed by atoms with E-state index in [0.717, 1.165) is 5.56 Å². The molecule has 0 aliphatic rings. The molecule has 2 aromatic heterocycles. The molecular formula is C20H18Cl2N4O2. The van der Waals surface area contributed by atoms with Gasteiger partial charge in [0.15, 0.2) is 11.6 Å². The van der Waals surface area contributed by atoms with Crippen molar-refractivity contribution < 1.29 is 9.59 Å². The summed E-state index contributed by atoms with van der Waals surface area (Å²) in [5, 5.41) is 7.79. The number of rotatable bonds is 6. The molecule has 6 nitrogen and oxygen atoms in total. The molecule has 1 N–H and O–H groups in total. The summed E-state index contributed by atoms with van der Waals surface area (Å²) in [6.07, 6.45) is 1.62. The normalized spacial score (nSPS) is 10.7. The van der Waals surface area contributed by atoms with Crippen LogP contribution in [0.5, 0.6) is 0 Å². The highest BCUT2D eigenvalue weighted by atomic mass is 35.5. The summed E-state index contributed by atoms with van der Waals surface area (Å²) in [7, 11) is 0. The van der Waals surface area contributed by atoms with Crippen LogP contribution in [-0.2, 0) is 4.79 Å². The molecule has 1 aromatic carbocycles. The van der Waals surface area contributed by atoms with Gasteiger partial charge in [0.2, 0.25) is 5.91 Å². The molecular weight excluding hydrogens is 399 g/mol. The highest BCUT2D eigenvalue weighted by Crippen LogP contribution is 2.25. The lowest BCUT2D eigenvalue weighted by molar-refractivity contribution is -0.116. The largest absolute Gasteiger partial charge is 0.311 e. The number of carbonyl (C=O) groups excluding carboxylic acids is 2. The number of anilines is 1. The number of halogens is 2. The lowest BCUT2D eigenvalue weighted by Crippen LogP contribution is -2.16. The predicted molar refractivity (Wildman–Crippen MR) is 109 cm³/mol. The molecule has 2 heterocycles. The first-order valence-corrected chi connectivity index (χ1v) is 9.37. The number of hydrogen-bond acceptors (Lipinski definition) is 4. The van der Waals surface area contributed by atoms with Gasteiger partial charge in [0.05, 0.1) is 15.7 Å². The Labute approximate surface area is 172 Å². The number of carbonyl (C=O) groups is 2. The standard InChI is InChI=1S/C20H18Cl2N4O2/c1-12-3-5-14(6-4-12)17(27)7-8-19(28)24-18-9-13(2)25-26(18)20-16(22)10-15(21)11-23-20/h3-6,9-11H,7-8H2,1-2H3,(H,24,28). The number of aryl methyl sites for hydroxylation is 2. The second kappa shape index (κ2) is 8.54. The van der Waals surface area contributed by atoms with Crippen LogP contribution >= 0.6 is 23.2 Å². The van der Waals surface area contributed by atoms with E-state index < -0.39 is 0 Å². The zero-order valence-corrected chi connectivity index (χ0v) is 16.9. The van der Waals surface area contributed by atoms with Crippen molar-refractivity contribution in [3.8, 4) is 5.82 Å². The molecule has 0 atom stereocenters. The van der Waals surface area contributed by atoms with Crippen molar-refractivity contribution in [2.75, 3.05) is 5.32 Å². The third-order valence-electron chi connectivity index (χ3n) is 4.04. The van der Waals surface area contributed by atoms with Crippen LogP contribution in [-0.4, -0.2) is 26.5 Å². The van der Waals surface area contributed by atoms with Gasteiger partial charge < -0.3 is 5.32 Å². The Balaban J connectivity index is 1.69. The monoisotopic (exact) mass is 416 g/mol. The van der Waals surface area contributed by atoms with Crippen LogP contribution < -0.4 is 5.32 Å². The summed E-state index contributed by atoms with van der Waals surface area (Å²) < 4.78 is 1.44. The molecule has 0 aliphatic carbocycles. The van der Waals surface area contributed by atoms with Crippen molar-refractivity contribution in [2.24, 2.45) is 0 Å². The Bertz CT molecular complexity index is 1030. The average Bonchev–Trinajstić information content (AvgIpc) is 3.00. The molecule has 3 rings (SSSR count). The van der Waals surface area contributed by atoms with Crippen LogP contribution in [0.15, 0.2) is 42.6 Å². The fourth-order valence-electron chi connectivity index (χ4n) is 2.63. The first kappa shape index (κ1) is 20.0. The van der Waals surface area contributed by atoms with Gasteiger partial charge in [-0.25, -0.2) is 4.98 Å². The van der Waals surface area contributed by atoms with Crippen molar-refractivity contribution >= 4 is 40.7 Å². The number of ketones is 1. The van der Waals surface area contributed by atoms with Gasteiger partial charge in [-0.2, -0.15) is 9.78 Å². The summed E-state index contributed by atoms with van der Waals surface area (Å²) in [4.78, 5) is 28.8. The maximum Gasteiger partial charge on any atom is 0.225 e.